The summed E-state index contributed by atoms with van der Waals surface area (Å²) in [5.41, 5.74) is 2.11. The van der Waals surface area contributed by atoms with E-state index in [0.29, 0.717) is 32.5 Å². The Bertz CT molecular complexity index is 1080. The highest BCUT2D eigenvalue weighted by molar-refractivity contribution is 7.89. The van der Waals surface area contributed by atoms with E-state index in [1.165, 1.54) is 4.31 Å². The van der Waals surface area contributed by atoms with Crippen LogP contribution in [0.3, 0.4) is 0 Å². The number of carbonyl (C=O) groups excluding carboxylic acids is 1. The normalized spacial score (nSPS) is 17.1. The van der Waals surface area contributed by atoms with Gasteiger partial charge in [-0.05, 0) is 36.1 Å². The zero-order valence-electron chi connectivity index (χ0n) is 18.0. The summed E-state index contributed by atoms with van der Waals surface area (Å²) in [6, 6.07) is 28.3. The van der Waals surface area contributed by atoms with Gasteiger partial charge >= 0.3 is 0 Å². The van der Waals surface area contributed by atoms with Crippen LogP contribution in [0.1, 0.15) is 24.0 Å². The summed E-state index contributed by atoms with van der Waals surface area (Å²) < 4.78 is 27.7. The van der Waals surface area contributed by atoms with E-state index in [1.807, 2.05) is 65.6 Å². The van der Waals surface area contributed by atoms with Crippen LogP contribution in [0, 0.1) is 5.92 Å². The van der Waals surface area contributed by atoms with Crippen LogP contribution in [-0.2, 0) is 27.9 Å². The highest BCUT2D eigenvalue weighted by Gasteiger charge is 2.35. The van der Waals surface area contributed by atoms with Crippen molar-refractivity contribution in [1.82, 2.24) is 9.21 Å². The molecule has 1 fully saturated rings. The summed E-state index contributed by atoms with van der Waals surface area (Å²) in [6.07, 6.45) is 1.37. The van der Waals surface area contributed by atoms with Crippen LogP contribution in [0.4, 0.5) is 0 Å². The monoisotopic (exact) mass is 448 g/mol. The van der Waals surface area contributed by atoms with Crippen molar-refractivity contribution in [3.8, 4) is 0 Å². The zero-order chi connectivity index (χ0) is 22.4. The van der Waals surface area contributed by atoms with E-state index in [0.717, 1.165) is 11.1 Å². The molecule has 1 atom stereocenters. The highest BCUT2D eigenvalue weighted by atomic mass is 32.2. The molecule has 3 aromatic carbocycles. The molecule has 1 unspecified atom stereocenters. The van der Waals surface area contributed by atoms with E-state index in [1.54, 1.807) is 30.3 Å². The maximum absolute atomic E-state index is 13.6. The Morgan fingerprint density at radius 2 is 1.31 bits per heavy atom. The Labute approximate surface area is 190 Å². The molecule has 0 radical (unpaired) electrons. The molecule has 0 aliphatic carbocycles. The van der Waals surface area contributed by atoms with Gasteiger partial charge in [0.25, 0.3) is 0 Å². The molecule has 4 rings (SSSR count). The Morgan fingerprint density at radius 3 is 1.84 bits per heavy atom. The second-order valence-electron chi connectivity index (χ2n) is 8.18. The smallest absolute Gasteiger partial charge is 0.243 e. The van der Waals surface area contributed by atoms with Gasteiger partial charge in [0.05, 0.1) is 10.8 Å². The standard InChI is InChI=1S/C26H28N2O3S/c29-26(24-15-10-18-28(21-24)32(30,31)25-16-8-3-9-17-25)27(19-22-11-4-1-5-12-22)20-23-13-6-2-7-14-23/h1-9,11-14,16-17,24H,10,15,18-21H2. The predicted molar refractivity (Wildman–Crippen MR) is 125 cm³/mol. The molecule has 0 N–H and O–H groups in total. The number of carbonyl (C=O) groups is 1. The van der Waals surface area contributed by atoms with Crippen molar-refractivity contribution in [3.05, 3.63) is 102 Å². The lowest BCUT2D eigenvalue weighted by atomic mass is 9.97. The first kappa shape index (κ1) is 22.2. The Hall–Kier alpha value is -2.96. The molecule has 166 valence electrons. The van der Waals surface area contributed by atoms with E-state index in [-0.39, 0.29) is 23.3 Å². The molecule has 5 nitrogen and oxygen atoms in total. The lowest BCUT2D eigenvalue weighted by Crippen LogP contribution is -2.46. The third-order valence-electron chi connectivity index (χ3n) is 5.86. The molecule has 0 bridgehead atoms. The van der Waals surface area contributed by atoms with Gasteiger partial charge < -0.3 is 4.90 Å². The first-order valence-electron chi connectivity index (χ1n) is 11.0. The molecule has 32 heavy (non-hydrogen) atoms. The molecule has 0 spiro atoms. The van der Waals surface area contributed by atoms with Crippen molar-refractivity contribution in [2.45, 2.75) is 30.8 Å². The second-order valence-corrected chi connectivity index (χ2v) is 10.1. The summed E-state index contributed by atoms with van der Waals surface area (Å²) in [4.78, 5) is 15.8. The second kappa shape index (κ2) is 10.1. The Kier molecular flexibility index (Phi) is 7.02. The van der Waals surface area contributed by atoms with Gasteiger partial charge in [0.2, 0.25) is 15.9 Å². The maximum Gasteiger partial charge on any atom is 0.243 e. The van der Waals surface area contributed by atoms with E-state index in [9.17, 15) is 13.2 Å². The number of nitrogens with zero attached hydrogens (tertiary/aromatic N) is 2. The van der Waals surface area contributed by atoms with E-state index < -0.39 is 10.0 Å². The number of hydrogen-bond donors (Lipinski definition) is 0. The lowest BCUT2D eigenvalue weighted by molar-refractivity contribution is -0.138. The molecular formula is C26H28N2O3S. The summed E-state index contributed by atoms with van der Waals surface area (Å²) in [7, 11) is -3.61. The summed E-state index contributed by atoms with van der Waals surface area (Å²) >= 11 is 0. The molecule has 1 aliphatic rings. The summed E-state index contributed by atoms with van der Waals surface area (Å²) in [5.74, 6) is -0.347. The molecule has 6 heteroatoms. The van der Waals surface area contributed by atoms with Crippen molar-refractivity contribution in [2.75, 3.05) is 13.1 Å². The summed E-state index contributed by atoms with van der Waals surface area (Å²) in [5, 5.41) is 0. The third-order valence-corrected chi connectivity index (χ3v) is 7.74. The molecule has 1 amide bonds. The average molecular weight is 449 g/mol. The lowest BCUT2D eigenvalue weighted by Gasteiger charge is -2.34. The molecule has 0 saturated carbocycles. The number of amides is 1. The van der Waals surface area contributed by atoms with E-state index in [2.05, 4.69) is 0 Å². The molecule has 1 aliphatic heterocycles. The van der Waals surface area contributed by atoms with Gasteiger partial charge in [0, 0.05) is 26.2 Å². The van der Waals surface area contributed by atoms with Gasteiger partial charge in [-0.2, -0.15) is 4.31 Å². The third kappa shape index (κ3) is 5.26. The number of piperidine rings is 1. The van der Waals surface area contributed by atoms with Crippen molar-refractivity contribution in [3.63, 3.8) is 0 Å². The largest absolute Gasteiger partial charge is 0.334 e. The van der Waals surface area contributed by atoms with E-state index in [4.69, 9.17) is 0 Å². The van der Waals surface area contributed by atoms with Crippen molar-refractivity contribution >= 4 is 15.9 Å². The van der Waals surface area contributed by atoms with Crippen LogP contribution >= 0.6 is 0 Å². The Morgan fingerprint density at radius 1 is 0.812 bits per heavy atom. The SMILES string of the molecule is O=C(C1CCCN(S(=O)(=O)c2ccccc2)C1)N(Cc1ccccc1)Cc1ccccc1. The molecule has 3 aromatic rings. The minimum Gasteiger partial charge on any atom is -0.334 e. The van der Waals surface area contributed by atoms with Gasteiger partial charge in [-0.3, -0.25) is 4.79 Å². The van der Waals surface area contributed by atoms with Gasteiger partial charge in [0.1, 0.15) is 0 Å². The van der Waals surface area contributed by atoms with Crippen LogP contribution < -0.4 is 0 Å². The van der Waals surface area contributed by atoms with Gasteiger partial charge in [-0.25, -0.2) is 8.42 Å². The molecular weight excluding hydrogens is 420 g/mol. The van der Waals surface area contributed by atoms with Crippen LogP contribution in [0.15, 0.2) is 95.9 Å². The Balaban J connectivity index is 1.54. The van der Waals surface area contributed by atoms with Crippen LogP contribution in [0.2, 0.25) is 0 Å². The molecule has 1 saturated heterocycles. The maximum atomic E-state index is 13.6. The van der Waals surface area contributed by atoms with Gasteiger partial charge in [-0.1, -0.05) is 78.9 Å². The first-order chi connectivity index (χ1) is 15.5. The van der Waals surface area contributed by atoms with Crippen LogP contribution in [0.25, 0.3) is 0 Å². The van der Waals surface area contributed by atoms with Gasteiger partial charge in [0.15, 0.2) is 0 Å². The quantitative estimate of drug-likeness (QED) is 0.541. The van der Waals surface area contributed by atoms with Crippen molar-refractivity contribution in [2.24, 2.45) is 5.92 Å². The zero-order valence-corrected chi connectivity index (χ0v) is 18.8. The highest BCUT2D eigenvalue weighted by Crippen LogP contribution is 2.26. The fraction of sp³-hybridized carbons (Fsp3) is 0.269. The first-order valence-corrected chi connectivity index (χ1v) is 12.4. The topological polar surface area (TPSA) is 57.7 Å². The fourth-order valence-corrected chi connectivity index (χ4v) is 5.73. The van der Waals surface area contributed by atoms with Crippen molar-refractivity contribution in [1.29, 1.82) is 0 Å². The average Bonchev–Trinajstić information content (AvgIpc) is 2.85. The molecule has 1 heterocycles. The predicted octanol–water partition coefficient (Wildman–Crippen LogP) is 4.32. The van der Waals surface area contributed by atoms with Crippen LogP contribution in [-0.4, -0.2) is 36.6 Å². The number of benzene rings is 3. The fourth-order valence-electron chi connectivity index (χ4n) is 4.18. The number of rotatable bonds is 7. The molecule has 0 aromatic heterocycles. The minimum absolute atomic E-state index is 0.00525. The number of hydrogen-bond acceptors (Lipinski definition) is 3. The minimum atomic E-state index is -3.61. The van der Waals surface area contributed by atoms with E-state index >= 15 is 0 Å². The van der Waals surface area contributed by atoms with Crippen molar-refractivity contribution < 1.29 is 13.2 Å². The van der Waals surface area contributed by atoms with Gasteiger partial charge in [-0.15, -0.1) is 0 Å². The number of sulfonamides is 1. The van der Waals surface area contributed by atoms with Crippen LogP contribution in [0.5, 0.6) is 0 Å². The summed E-state index contributed by atoms with van der Waals surface area (Å²) in [6.45, 7) is 1.65.